The predicted molar refractivity (Wildman–Crippen MR) is 72.0 cm³/mol. The Labute approximate surface area is 106 Å². The molecule has 0 aliphatic heterocycles. The molecule has 0 heterocycles. The van der Waals surface area contributed by atoms with Crippen LogP contribution in [0.3, 0.4) is 0 Å². The average Bonchev–Trinajstić information content (AvgIpc) is 2.19. The number of carbonyl (C=O) groups is 1. The highest BCUT2D eigenvalue weighted by Gasteiger charge is 2.11. The van der Waals surface area contributed by atoms with Gasteiger partial charge in [-0.05, 0) is 26.7 Å². The topological polar surface area (TPSA) is 41.1 Å². The molecule has 1 aliphatic rings. The van der Waals surface area contributed by atoms with Gasteiger partial charge in [-0.15, -0.1) is 0 Å². The zero-order valence-electron chi connectivity index (χ0n) is 11.4. The first-order valence-corrected chi connectivity index (χ1v) is 7.21. The van der Waals surface area contributed by atoms with E-state index in [9.17, 15) is 4.79 Å². The maximum atomic E-state index is 11.5. The molecule has 3 nitrogen and oxygen atoms in total. The number of nitrogens with one attached hydrogen (secondary N) is 2. The van der Waals surface area contributed by atoms with Crippen LogP contribution in [0.1, 0.15) is 65.2 Å². The van der Waals surface area contributed by atoms with E-state index in [0.29, 0.717) is 12.5 Å². The molecular weight excluding hydrogens is 212 g/mol. The van der Waals surface area contributed by atoms with Gasteiger partial charge in [-0.3, -0.25) is 4.79 Å². The second-order valence-electron chi connectivity index (χ2n) is 5.47. The summed E-state index contributed by atoms with van der Waals surface area (Å²) in [6.45, 7) is 4.82. The van der Waals surface area contributed by atoms with Crippen LogP contribution in [0.5, 0.6) is 0 Å². The van der Waals surface area contributed by atoms with Crippen molar-refractivity contribution in [1.29, 1.82) is 0 Å². The van der Waals surface area contributed by atoms with Gasteiger partial charge in [0, 0.05) is 25.0 Å². The monoisotopic (exact) mass is 240 g/mol. The minimum absolute atomic E-state index is 0.165. The number of amides is 1. The van der Waals surface area contributed by atoms with Crippen molar-refractivity contribution in [2.24, 2.45) is 0 Å². The van der Waals surface area contributed by atoms with Crippen molar-refractivity contribution in [2.75, 3.05) is 6.54 Å². The van der Waals surface area contributed by atoms with Crippen LogP contribution in [0.25, 0.3) is 0 Å². The summed E-state index contributed by atoms with van der Waals surface area (Å²) in [6, 6.07) is 0.894. The molecule has 0 aromatic carbocycles. The molecule has 0 bridgehead atoms. The van der Waals surface area contributed by atoms with Crippen LogP contribution in [0.2, 0.25) is 0 Å². The Morgan fingerprint density at radius 2 is 1.71 bits per heavy atom. The van der Waals surface area contributed by atoms with Crippen LogP contribution in [-0.4, -0.2) is 24.5 Å². The lowest BCUT2D eigenvalue weighted by Crippen LogP contribution is -2.36. The Morgan fingerprint density at radius 3 is 2.29 bits per heavy atom. The first-order valence-electron chi connectivity index (χ1n) is 7.21. The summed E-state index contributed by atoms with van der Waals surface area (Å²) in [5.74, 6) is 0.165. The van der Waals surface area contributed by atoms with E-state index in [0.717, 1.165) is 6.54 Å². The summed E-state index contributed by atoms with van der Waals surface area (Å²) in [7, 11) is 0. The first-order chi connectivity index (χ1) is 8.18. The van der Waals surface area contributed by atoms with Gasteiger partial charge in [0.1, 0.15) is 0 Å². The van der Waals surface area contributed by atoms with E-state index in [-0.39, 0.29) is 11.9 Å². The lowest BCUT2D eigenvalue weighted by molar-refractivity contribution is -0.121. The average molecular weight is 240 g/mol. The van der Waals surface area contributed by atoms with Crippen molar-refractivity contribution < 1.29 is 4.79 Å². The maximum absolute atomic E-state index is 11.5. The fourth-order valence-electron chi connectivity index (χ4n) is 2.44. The summed E-state index contributed by atoms with van der Waals surface area (Å²) in [5.41, 5.74) is 0. The van der Waals surface area contributed by atoms with Gasteiger partial charge >= 0.3 is 0 Å². The fraction of sp³-hybridized carbons (Fsp3) is 0.929. The minimum Gasteiger partial charge on any atom is -0.354 e. The van der Waals surface area contributed by atoms with Crippen LogP contribution in [-0.2, 0) is 4.79 Å². The molecular formula is C14H28N2O. The van der Waals surface area contributed by atoms with E-state index >= 15 is 0 Å². The van der Waals surface area contributed by atoms with E-state index in [2.05, 4.69) is 10.6 Å². The van der Waals surface area contributed by atoms with E-state index in [1.807, 2.05) is 13.8 Å². The Hall–Kier alpha value is -0.570. The van der Waals surface area contributed by atoms with Crippen molar-refractivity contribution in [2.45, 2.75) is 77.3 Å². The zero-order chi connectivity index (χ0) is 12.5. The molecule has 0 saturated heterocycles. The van der Waals surface area contributed by atoms with Crippen LogP contribution in [0, 0.1) is 0 Å². The lowest BCUT2D eigenvalue weighted by Gasteiger charge is -2.21. The number of hydrogen-bond donors (Lipinski definition) is 2. The normalized spacial score (nSPS) is 18.8. The fourth-order valence-corrected chi connectivity index (χ4v) is 2.44. The molecule has 1 aliphatic carbocycles. The van der Waals surface area contributed by atoms with Gasteiger partial charge in [0.25, 0.3) is 0 Å². The molecule has 1 rings (SSSR count). The number of rotatable bonds is 5. The highest BCUT2D eigenvalue weighted by Crippen LogP contribution is 2.16. The maximum Gasteiger partial charge on any atom is 0.221 e. The molecule has 0 unspecified atom stereocenters. The van der Waals surface area contributed by atoms with Crippen LogP contribution < -0.4 is 10.6 Å². The molecule has 3 heteroatoms. The summed E-state index contributed by atoms with van der Waals surface area (Å²) < 4.78 is 0. The molecule has 0 atom stereocenters. The van der Waals surface area contributed by atoms with Gasteiger partial charge in [-0.1, -0.05) is 32.1 Å². The number of carbonyl (C=O) groups excluding carboxylic acids is 1. The SMILES string of the molecule is CC(C)NC(=O)CCNC1CCCCCCC1. The zero-order valence-corrected chi connectivity index (χ0v) is 11.4. The Bertz CT molecular complexity index is 208. The quantitative estimate of drug-likeness (QED) is 0.775. The van der Waals surface area contributed by atoms with Crippen LogP contribution in [0.15, 0.2) is 0 Å². The molecule has 17 heavy (non-hydrogen) atoms. The molecule has 0 aromatic heterocycles. The molecule has 0 spiro atoms. The largest absolute Gasteiger partial charge is 0.354 e. The summed E-state index contributed by atoms with van der Waals surface area (Å²) >= 11 is 0. The summed E-state index contributed by atoms with van der Waals surface area (Å²) in [5, 5.41) is 6.46. The molecule has 2 N–H and O–H groups in total. The minimum atomic E-state index is 0.165. The first kappa shape index (κ1) is 14.5. The third-order valence-corrected chi connectivity index (χ3v) is 3.34. The molecule has 1 amide bonds. The van der Waals surface area contributed by atoms with Gasteiger partial charge < -0.3 is 10.6 Å². The summed E-state index contributed by atoms with van der Waals surface area (Å²) in [4.78, 5) is 11.5. The Balaban J connectivity index is 2.09. The molecule has 0 radical (unpaired) electrons. The Morgan fingerprint density at radius 1 is 1.12 bits per heavy atom. The van der Waals surface area contributed by atoms with Gasteiger partial charge in [-0.2, -0.15) is 0 Å². The van der Waals surface area contributed by atoms with E-state index in [4.69, 9.17) is 0 Å². The van der Waals surface area contributed by atoms with Gasteiger partial charge in [0.15, 0.2) is 0 Å². The van der Waals surface area contributed by atoms with Gasteiger partial charge in [0.2, 0.25) is 5.91 Å². The van der Waals surface area contributed by atoms with Crippen molar-refractivity contribution >= 4 is 5.91 Å². The summed E-state index contributed by atoms with van der Waals surface area (Å²) in [6.07, 6.45) is 10.0. The van der Waals surface area contributed by atoms with Crippen molar-refractivity contribution in [3.63, 3.8) is 0 Å². The van der Waals surface area contributed by atoms with Crippen molar-refractivity contribution in [1.82, 2.24) is 10.6 Å². The van der Waals surface area contributed by atoms with Crippen LogP contribution >= 0.6 is 0 Å². The van der Waals surface area contributed by atoms with E-state index in [1.54, 1.807) is 0 Å². The third kappa shape index (κ3) is 7.37. The number of hydrogen-bond acceptors (Lipinski definition) is 2. The molecule has 0 aromatic rings. The van der Waals surface area contributed by atoms with Crippen LogP contribution in [0.4, 0.5) is 0 Å². The second kappa shape index (κ2) is 8.51. The Kier molecular flexibility index (Phi) is 7.25. The van der Waals surface area contributed by atoms with Gasteiger partial charge in [-0.25, -0.2) is 0 Å². The third-order valence-electron chi connectivity index (χ3n) is 3.34. The second-order valence-corrected chi connectivity index (χ2v) is 5.47. The molecule has 100 valence electrons. The van der Waals surface area contributed by atoms with E-state index in [1.165, 1.54) is 44.9 Å². The standard InChI is InChI=1S/C14H28N2O/c1-12(2)16-14(17)10-11-15-13-8-6-4-3-5-7-9-13/h12-13,15H,3-11H2,1-2H3,(H,16,17). The van der Waals surface area contributed by atoms with Gasteiger partial charge in [0.05, 0.1) is 0 Å². The predicted octanol–water partition coefficient (Wildman–Crippen LogP) is 2.60. The van der Waals surface area contributed by atoms with Crippen molar-refractivity contribution in [3.05, 3.63) is 0 Å². The molecule has 1 fully saturated rings. The van der Waals surface area contributed by atoms with Crippen molar-refractivity contribution in [3.8, 4) is 0 Å². The highest BCUT2D eigenvalue weighted by molar-refractivity contribution is 5.76. The van der Waals surface area contributed by atoms with E-state index < -0.39 is 0 Å². The smallest absolute Gasteiger partial charge is 0.221 e. The highest BCUT2D eigenvalue weighted by atomic mass is 16.1. The molecule has 1 saturated carbocycles. The lowest BCUT2D eigenvalue weighted by atomic mass is 9.97.